The van der Waals surface area contributed by atoms with Crippen molar-refractivity contribution >= 4 is 34.3 Å². The van der Waals surface area contributed by atoms with E-state index in [1.165, 1.54) is 16.7 Å². The van der Waals surface area contributed by atoms with E-state index >= 15 is 0 Å². The minimum atomic E-state index is -4.33. The van der Waals surface area contributed by atoms with Gasteiger partial charge in [0.05, 0.1) is 21.1 Å². The number of rotatable bonds is 4. The second-order valence-corrected chi connectivity index (χ2v) is 11.1. The van der Waals surface area contributed by atoms with Crippen molar-refractivity contribution < 1.29 is 13.2 Å². The SMILES string of the molecule is FC(F)(F)c1ccc(-c2ccc(-c3ccc4cc(-c5ccc(-c6nc7c(s6)=CCCC=7)cn5)ccc4c3)cc2)cc1. The molecule has 1 aliphatic carbocycles. The van der Waals surface area contributed by atoms with Gasteiger partial charge in [0.25, 0.3) is 0 Å². The Morgan fingerprint density at radius 2 is 1.15 bits per heavy atom. The van der Waals surface area contributed by atoms with E-state index in [9.17, 15) is 13.2 Å². The van der Waals surface area contributed by atoms with Crippen LogP contribution in [0.2, 0.25) is 0 Å². The summed E-state index contributed by atoms with van der Waals surface area (Å²) in [5, 5.41) is 4.33. The van der Waals surface area contributed by atoms with Crippen LogP contribution < -0.4 is 9.88 Å². The maximum absolute atomic E-state index is 12.9. The lowest BCUT2D eigenvalue weighted by atomic mass is 9.97. The molecule has 2 heterocycles. The highest BCUT2D eigenvalue weighted by Crippen LogP contribution is 2.33. The monoisotopic (exact) mass is 560 g/mol. The summed E-state index contributed by atoms with van der Waals surface area (Å²) in [6.07, 6.45) is 4.16. The zero-order valence-electron chi connectivity index (χ0n) is 21.8. The first-order valence-electron chi connectivity index (χ1n) is 13.4. The average Bonchev–Trinajstić information content (AvgIpc) is 3.45. The zero-order chi connectivity index (χ0) is 28.0. The lowest BCUT2D eigenvalue weighted by Crippen LogP contribution is -2.22. The lowest BCUT2D eigenvalue weighted by Gasteiger charge is -2.09. The molecule has 4 aromatic carbocycles. The molecular formula is C35H23F3N2S. The van der Waals surface area contributed by atoms with Crippen molar-refractivity contribution in [3.8, 4) is 44.1 Å². The number of aromatic nitrogens is 2. The van der Waals surface area contributed by atoms with Crippen LogP contribution in [0.1, 0.15) is 18.4 Å². The number of hydrogen-bond donors (Lipinski definition) is 0. The molecule has 200 valence electrons. The molecule has 0 saturated heterocycles. The minimum Gasteiger partial charge on any atom is -0.256 e. The van der Waals surface area contributed by atoms with Gasteiger partial charge < -0.3 is 0 Å². The maximum atomic E-state index is 12.9. The molecule has 0 atom stereocenters. The van der Waals surface area contributed by atoms with Gasteiger partial charge in [-0.05, 0) is 82.3 Å². The molecule has 0 aliphatic heterocycles. The highest BCUT2D eigenvalue weighted by atomic mass is 32.1. The van der Waals surface area contributed by atoms with E-state index in [1.807, 2.05) is 30.5 Å². The Morgan fingerprint density at radius 1 is 0.585 bits per heavy atom. The van der Waals surface area contributed by atoms with Crippen LogP contribution >= 0.6 is 11.3 Å². The summed E-state index contributed by atoms with van der Waals surface area (Å²) in [6.45, 7) is 0. The summed E-state index contributed by atoms with van der Waals surface area (Å²) < 4.78 is 39.9. The average molecular weight is 561 g/mol. The van der Waals surface area contributed by atoms with Gasteiger partial charge in [-0.1, -0.05) is 72.8 Å². The van der Waals surface area contributed by atoms with Crippen molar-refractivity contribution in [2.45, 2.75) is 19.0 Å². The van der Waals surface area contributed by atoms with E-state index in [2.05, 4.69) is 60.7 Å². The molecule has 0 amide bonds. The molecule has 41 heavy (non-hydrogen) atoms. The highest BCUT2D eigenvalue weighted by Gasteiger charge is 2.29. The fourth-order valence-corrected chi connectivity index (χ4v) is 6.20. The Balaban J connectivity index is 1.11. The van der Waals surface area contributed by atoms with Crippen LogP contribution in [0.4, 0.5) is 13.2 Å². The van der Waals surface area contributed by atoms with E-state index < -0.39 is 11.7 Å². The first-order chi connectivity index (χ1) is 19.9. The third-order valence-corrected chi connectivity index (χ3v) is 8.54. The fraction of sp³-hybridized carbons (Fsp3) is 0.0857. The van der Waals surface area contributed by atoms with Crippen molar-refractivity contribution in [2.75, 3.05) is 0 Å². The highest BCUT2D eigenvalue weighted by molar-refractivity contribution is 7.13. The molecule has 6 heteroatoms. The van der Waals surface area contributed by atoms with Crippen molar-refractivity contribution in [1.29, 1.82) is 0 Å². The predicted octanol–water partition coefficient (Wildman–Crippen LogP) is 8.73. The lowest BCUT2D eigenvalue weighted by molar-refractivity contribution is -0.137. The molecule has 0 unspecified atom stereocenters. The Labute approximate surface area is 238 Å². The third-order valence-electron chi connectivity index (χ3n) is 7.43. The van der Waals surface area contributed by atoms with Gasteiger partial charge in [-0.15, -0.1) is 11.3 Å². The third kappa shape index (κ3) is 5.07. The Hall–Kier alpha value is -4.55. The van der Waals surface area contributed by atoms with Crippen LogP contribution in [0.3, 0.4) is 0 Å². The van der Waals surface area contributed by atoms with E-state index in [1.54, 1.807) is 11.3 Å². The quantitative estimate of drug-likeness (QED) is 0.215. The molecule has 0 saturated carbocycles. The second-order valence-electron chi connectivity index (χ2n) is 10.1. The van der Waals surface area contributed by atoms with Crippen LogP contribution in [-0.4, -0.2) is 9.97 Å². The van der Waals surface area contributed by atoms with Gasteiger partial charge >= 0.3 is 6.18 Å². The summed E-state index contributed by atoms with van der Waals surface area (Å²) in [5.41, 5.74) is 6.10. The fourth-order valence-electron chi connectivity index (χ4n) is 5.18. The molecule has 6 aromatic rings. The van der Waals surface area contributed by atoms with E-state index in [0.717, 1.165) is 85.2 Å². The number of pyridine rings is 1. The molecule has 0 fully saturated rings. The summed E-state index contributed by atoms with van der Waals surface area (Å²) in [5.74, 6) is 0. The van der Waals surface area contributed by atoms with Crippen LogP contribution in [0.5, 0.6) is 0 Å². The molecule has 1 aliphatic rings. The number of hydrogen-bond acceptors (Lipinski definition) is 3. The number of halogens is 3. The standard InChI is InChI=1S/C35H23F3N2S/c36-35(37,38)30-16-13-23(14-17-30)22-5-7-24(8-6-22)25-9-10-27-20-28(12-11-26(27)19-25)31-18-15-29(21-39-31)34-40-32-3-1-2-4-33(32)41-34/h3-21H,1-2H2. The van der Waals surface area contributed by atoms with Crippen LogP contribution in [-0.2, 0) is 6.18 Å². The topological polar surface area (TPSA) is 25.8 Å². The Kier molecular flexibility index (Phi) is 6.28. The summed E-state index contributed by atoms with van der Waals surface area (Å²) in [7, 11) is 0. The van der Waals surface area contributed by atoms with Crippen LogP contribution in [0.15, 0.2) is 103 Å². The summed E-state index contributed by atoms with van der Waals surface area (Å²) in [4.78, 5) is 9.53. The van der Waals surface area contributed by atoms with E-state index in [4.69, 9.17) is 9.97 Å². The van der Waals surface area contributed by atoms with Crippen molar-refractivity contribution in [3.63, 3.8) is 0 Å². The van der Waals surface area contributed by atoms with Gasteiger partial charge in [0.2, 0.25) is 0 Å². The molecule has 0 radical (unpaired) electrons. The van der Waals surface area contributed by atoms with Crippen LogP contribution in [0.25, 0.3) is 67.0 Å². The molecule has 2 aromatic heterocycles. The molecule has 0 N–H and O–H groups in total. The van der Waals surface area contributed by atoms with Crippen molar-refractivity contribution in [3.05, 3.63) is 119 Å². The maximum Gasteiger partial charge on any atom is 0.416 e. The number of benzene rings is 4. The zero-order valence-corrected chi connectivity index (χ0v) is 22.6. The molecule has 0 bridgehead atoms. The minimum absolute atomic E-state index is 0.642. The molecular weight excluding hydrogens is 537 g/mol. The van der Waals surface area contributed by atoms with Gasteiger partial charge in [0.15, 0.2) is 0 Å². The van der Waals surface area contributed by atoms with Crippen molar-refractivity contribution in [1.82, 2.24) is 9.97 Å². The summed E-state index contributed by atoms with van der Waals surface area (Å²) in [6, 6.07) is 30.0. The first-order valence-corrected chi connectivity index (χ1v) is 14.2. The first kappa shape index (κ1) is 25.4. The number of thiazole rings is 1. The predicted molar refractivity (Wildman–Crippen MR) is 162 cm³/mol. The molecule has 0 spiro atoms. The molecule has 2 nitrogen and oxygen atoms in total. The largest absolute Gasteiger partial charge is 0.416 e. The Morgan fingerprint density at radius 3 is 1.78 bits per heavy atom. The number of nitrogens with zero attached hydrogens (tertiary/aromatic N) is 2. The van der Waals surface area contributed by atoms with Gasteiger partial charge in [-0.2, -0.15) is 13.2 Å². The molecule has 7 rings (SSSR count). The number of alkyl halides is 3. The smallest absolute Gasteiger partial charge is 0.256 e. The summed E-state index contributed by atoms with van der Waals surface area (Å²) >= 11 is 1.72. The number of fused-ring (bicyclic) bond motifs is 2. The van der Waals surface area contributed by atoms with Gasteiger partial charge in [0.1, 0.15) is 5.01 Å². The van der Waals surface area contributed by atoms with Gasteiger partial charge in [-0.3, -0.25) is 4.98 Å². The van der Waals surface area contributed by atoms with Gasteiger partial charge in [0, 0.05) is 17.3 Å². The van der Waals surface area contributed by atoms with E-state index in [0.29, 0.717) is 0 Å². The van der Waals surface area contributed by atoms with Crippen molar-refractivity contribution in [2.24, 2.45) is 0 Å². The van der Waals surface area contributed by atoms with E-state index in [-0.39, 0.29) is 0 Å². The van der Waals surface area contributed by atoms with Gasteiger partial charge in [-0.25, -0.2) is 4.98 Å². The normalized spacial score (nSPS) is 13.0. The second kappa shape index (κ2) is 10.1. The Bertz CT molecular complexity index is 1970. The van der Waals surface area contributed by atoms with Crippen LogP contribution in [0, 0.1) is 0 Å².